The second-order valence-corrected chi connectivity index (χ2v) is 5.88. The predicted octanol–water partition coefficient (Wildman–Crippen LogP) is 2.69. The van der Waals surface area contributed by atoms with Crippen LogP contribution in [0.5, 0.6) is 0 Å². The summed E-state index contributed by atoms with van der Waals surface area (Å²) in [4.78, 5) is 21.9. The number of aromatic nitrogens is 2. The Bertz CT molecular complexity index is 697. The highest BCUT2D eigenvalue weighted by Gasteiger charge is 2.20. The van der Waals surface area contributed by atoms with Gasteiger partial charge in [-0.3, -0.25) is 9.69 Å². The zero-order valence-corrected chi connectivity index (χ0v) is 12.9. The normalized spacial score (nSPS) is 15.0. The van der Waals surface area contributed by atoms with Crippen molar-refractivity contribution in [3.05, 3.63) is 50.9 Å². The fraction of sp³-hybridized carbons (Fsp3) is 0.333. The lowest BCUT2D eigenvalue weighted by Gasteiger charge is -2.26. The van der Waals surface area contributed by atoms with E-state index in [2.05, 4.69) is 14.9 Å². The predicted molar refractivity (Wildman–Crippen MR) is 85.0 cm³/mol. The summed E-state index contributed by atoms with van der Waals surface area (Å²) in [5.74, 6) is 1.17. The van der Waals surface area contributed by atoms with E-state index in [1.54, 1.807) is 12.1 Å². The Kier molecular flexibility index (Phi) is 4.29. The molecule has 1 aromatic carbocycles. The molecular formula is C15H15Cl2N3O. The van der Waals surface area contributed by atoms with Gasteiger partial charge in [0, 0.05) is 41.7 Å². The van der Waals surface area contributed by atoms with Gasteiger partial charge in [-0.15, -0.1) is 11.6 Å². The number of aromatic amines is 1. The Hall–Kier alpha value is -1.36. The number of H-pyrrole nitrogens is 1. The average molecular weight is 324 g/mol. The molecule has 21 heavy (non-hydrogen) atoms. The van der Waals surface area contributed by atoms with Crippen molar-refractivity contribution in [1.82, 2.24) is 14.9 Å². The molecule has 1 aliphatic heterocycles. The lowest BCUT2D eigenvalue weighted by Crippen LogP contribution is -2.36. The second-order valence-electron chi connectivity index (χ2n) is 5.06. The Morgan fingerprint density at radius 3 is 2.76 bits per heavy atom. The van der Waals surface area contributed by atoms with Crippen molar-refractivity contribution in [1.29, 1.82) is 0 Å². The molecule has 2 aromatic rings. The SMILES string of the molecule is O=c1[nH]c(-c2ccc(Cl)cc2)nc2c1CCN(CCCl)C2. The smallest absolute Gasteiger partial charge is 0.254 e. The number of hydrogen-bond donors (Lipinski definition) is 1. The van der Waals surface area contributed by atoms with Gasteiger partial charge in [0.15, 0.2) is 0 Å². The van der Waals surface area contributed by atoms with Crippen molar-refractivity contribution < 1.29 is 0 Å². The van der Waals surface area contributed by atoms with Crippen molar-refractivity contribution in [2.75, 3.05) is 19.0 Å². The van der Waals surface area contributed by atoms with Crippen LogP contribution in [0.15, 0.2) is 29.1 Å². The van der Waals surface area contributed by atoms with Gasteiger partial charge in [-0.2, -0.15) is 0 Å². The van der Waals surface area contributed by atoms with Crippen molar-refractivity contribution in [3.63, 3.8) is 0 Å². The van der Waals surface area contributed by atoms with Crippen molar-refractivity contribution in [3.8, 4) is 11.4 Å². The summed E-state index contributed by atoms with van der Waals surface area (Å²) in [6, 6.07) is 7.28. The molecule has 4 nitrogen and oxygen atoms in total. The van der Waals surface area contributed by atoms with Crippen LogP contribution >= 0.6 is 23.2 Å². The van der Waals surface area contributed by atoms with Crippen LogP contribution in [0.3, 0.4) is 0 Å². The van der Waals surface area contributed by atoms with E-state index < -0.39 is 0 Å². The fourth-order valence-electron chi connectivity index (χ4n) is 2.55. The summed E-state index contributed by atoms with van der Waals surface area (Å²) < 4.78 is 0. The first-order chi connectivity index (χ1) is 10.2. The minimum atomic E-state index is -0.0459. The number of fused-ring (bicyclic) bond motifs is 1. The van der Waals surface area contributed by atoms with Gasteiger partial charge >= 0.3 is 0 Å². The average Bonchev–Trinajstić information content (AvgIpc) is 2.48. The molecule has 0 bridgehead atoms. The Morgan fingerprint density at radius 2 is 2.05 bits per heavy atom. The zero-order chi connectivity index (χ0) is 14.8. The number of rotatable bonds is 3. The number of hydrogen-bond acceptors (Lipinski definition) is 3. The third-order valence-electron chi connectivity index (χ3n) is 3.67. The molecule has 1 aliphatic rings. The number of halogens is 2. The molecule has 0 unspecified atom stereocenters. The monoisotopic (exact) mass is 323 g/mol. The molecule has 0 spiro atoms. The van der Waals surface area contributed by atoms with E-state index in [0.29, 0.717) is 23.3 Å². The molecule has 0 saturated carbocycles. The molecule has 3 rings (SSSR count). The highest BCUT2D eigenvalue weighted by atomic mass is 35.5. The summed E-state index contributed by atoms with van der Waals surface area (Å²) in [7, 11) is 0. The van der Waals surface area contributed by atoms with Crippen LogP contribution in [-0.4, -0.2) is 33.8 Å². The molecule has 0 saturated heterocycles. The van der Waals surface area contributed by atoms with E-state index >= 15 is 0 Å². The van der Waals surface area contributed by atoms with Gasteiger partial charge in [0.2, 0.25) is 0 Å². The summed E-state index contributed by atoms with van der Waals surface area (Å²) in [5, 5.41) is 0.660. The van der Waals surface area contributed by atoms with Gasteiger partial charge in [0.25, 0.3) is 5.56 Å². The molecule has 0 radical (unpaired) electrons. The molecule has 6 heteroatoms. The lowest BCUT2D eigenvalue weighted by atomic mass is 10.1. The van der Waals surface area contributed by atoms with Crippen molar-refractivity contribution in [2.24, 2.45) is 0 Å². The van der Waals surface area contributed by atoms with Gasteiger partial charge in [-0.05, 0) is 30.7 Å². The lowest BCUT2D eigenvalue weighted by molar-refractivity contribution is 0.264. The minimum Gasteiger partial charge on any atom is -0.306 e. The van der Waals surface area contributed by atoms with Gasteiger partial charge in [0.05, 0.1) is 5.69 Å². The van der Waals surface area contributed by atoms with E-state index in [1.165, 1.54) is 0 Å². The van der Waals surface area contributed by atoms with Crippen LogP contribution < -0.4 is 5.56 Å². The molecule has 0 amide bonds. The topological polar surface area (TPSA) is 49.0 Å². The highest BCUT2D eigenvalue weighted by molar-refractivity contribution is 6.30. The maximum Gasteiger partial charge on any atom is 0.254 e. The van der Waals surface area contributed by atoms with E-state index in [-0.39, 0.29) is 5.56 Å². The Morgan fingerprint density at radius 1 is 1.29 bits per heavy atom. The van der Waals surface area contributed by atoms with Gasteiger partial charge in [0.1, 0.15) is 5.82 Å². The van der Waals surface area contributed by atoms with Gasteiger partial charge < -0.3 is 4.98 Å². The first kappa shape index (κ1) is 14.6. The largest absolute Gasteiger partial charge is 0.306 e. The molecule has 2 heterocycles. The molecular weight excluding hydrogens is 309 g/mol. The van der Waals surface area contributed by atoms with Gasteiger partial charge in [-0.25, -0.2) is 4.98 Å². The van der Waals surface area contributed by atoms with Crippen LogP contribution in [0, 0.1) is 0 Å². The molecule has 110 valence electrons. The maximum atomic E-state index is 12.2. The number of nitrogens with zero attached hydrogens (tertiary/aromatic N) is 2. The zero-order valence-electron chi connectivity index (χ0n) is 11.4. The summed E-state index contributed by atoms with van der Waals surface area (Å²) >= 11 is 11.7. The number of nitrogens with one attached hydrogen (secondary N) is 1. The molecule has 1 aromatic heterocycles. The summed E-state index contributed by atoms with van der Waals surface area (Å²) in [6.45, 7) is 2.34. The van der Waals surface area contributed by atoms with E-state index in [0.717, 1.165) is 36.3 Å². The fourth-order valence-corrected chi connectivity index (χ4v) is 2.91. The third-order valence-corrected chi connectivity index (χ3v) is 4.09. The number of benzene rings is 1. The minimum absolute atomic E-state index is 0.0459. The summed E-state index contributed by atoms with van der Waals surface area (Å²) in [6.07, 6.45) is 0.718. The molecule has 0 atom stereocenters. The van der Waals surface area contributed by atoms with Crippen LogP contribution in [0.25, 0.3) is 11.4 Å². The molecule has 0 fully saturated rings. The Balaban J connectivity index is 1.98. The van der Waals surface area contributed by atoms with E-state index in [9.17, 15) is 4.79 Å². The number of alkyl halides is 1. The van der Waals surface area contributed by atoms with Crippen molar-refractivity contribution in [2.45, 2.75) is 13.0 Å². The highest BCUT2D eigenvalue weighted by Crippen LogP contribution is 2.20. The van der Waals surface area contributed by atoms with Crippen LogP contribution in [0.2, 0.25) is 5.02 Å². The van der Waals surface area contributed by atoms with Crippen LogP contribution in [-0.2, 0) is 13.0 Å². The maximum absolute atomic E-state index is 12.2. The van der Waals surface area contributed by atoms with E-state index in [1.807, 2.05) is 12.1 Å². The quantitative estimate of drug-likeness (QED) is 0.883. The molecule has 1 N–H and O–H groups in total. The standard InChI is InChI=1S/C15H15Cl2N3O/c16-6-8-20-7-5-12-13(9-20)18-14(19-15(12)21)10-1-3-11(17)4-2-10/h1-4H,5-9H2,(H,18,19,21). The van der Waals surface area contributed by atoms with Gasteiger partial charge in [-0.1, -0.05) is 11.6 Å². The van der Waals surface area contributed by atoms with E-state index in [4.69, 9.17) is 23.2 Å². The first-order valence-corrected chi connectivity index (χ1v) is 7.75. The van der Waals surface area contributed by atoms with Crippen molar-refractivity contribution >= 4 is 23.2 Å². The molecule has 0 aliphatic carbocycles. The first-order valence-electron chi connectivity index (χ1n) is 6.83. The second kappa shape index (κ2) is 6.18. The summed E-state index contributed by atoms with van der Waals surface area (Å²) in [5.41, 5.74) is 2.45. The van der Waals surface area contributed by atoms with Crippen LogP contribution in [0.4, 0.5) is 0 Å². The van der Waals surface area contributed by atoms with Crippen LogP contribution in [0.1, 0.15) is 11.3 Å². The third kappa shape index (κ3) is 3.12. The Labute approximate surface area is 132 Å².